The molecule has 1 saturated carbocycles. The first-order valence-electron chi connectivity index (χ1n) is 5.37. The molecular formula is C11H16N2O2S. The monoisotopic (exact) mass is 240 g/mol. The van der Waals surface area contributed by atoms with Crippen LogP contribution < -0.4 is 5.32 Å². The van der Waals surface area contributed by atoms with Gasteiger partial charge in [0.25, 0.3) is 0 Å². The van der Waals surface area contributed by atoms with Gasteiger partial charge in [-0.05, 0) is 30.4 Å². The highest BCUT2D eigenvalue weighted by atomic mass is 32.2. The topological polar surface area (TPSA) is 59.1 Å². The van der Waals surface area contributed by atoms with Crippen LogP contribution in [0, 0.1) is 11.8 Å². The molecule has 1 aliphatic carbocycles. The largest absolute Gasteiger partial charge is 0.369 e. The molecule has 2 rings (SSSR count). The van der Waals surface area contributed by atoms with Gasteiger partial charge in [-0.1, -0.05) is 6.92 Å². The lowest BCUT2D eigenvalue weighted by Gasteiger charge is -2.08. The maximum atomic E-state index is 11.5. The Hall–Kier alpha value is -1.10. The first kappa shape index (κ1) is 11.4. The Labute approximate surface area is 96.0 Å². The van der Waals surface area contributed by atoms with Crippen LogP contribution in [0.5, 0.6) is 0 Å². The van der Waals surface area contributed by atoms with Gasteiger partial charge in [0.15, 0.2) is 9.84 Å². The summed E-state index contributed by atoms with van der Waals surface area (Å²) in [6, 6.07) is 3.22. The summed E-state index contributed by atoms with van der Waals surface area (Å²) in [4.78, 5) is 4.36. The minimum atomic E-state index is -3.20. The molecule has 88 valence electrons. The number of aromatic nitrogens is 1. The average molecular weight is 240 g/mol. The van der Waals surface area contributed by atoms with Crippen LogP contribution in [0.3, 0.4) is 0 Å². The Morgan fingerprint density at radius 1 is 1.56 bits per heavy atom. The summed E-state index contributed by atoms with van der Waals surface area (Å²) in [5.41, 5.74) is 0. The van der Waals surface area contributed by atoms with E-state index in [2.05, 4.69) is 17.2 Å². The molecule has 0 spiro atoms. The second-order valence-corrected chi connectivity index (χ2v) is 6.46. The number of hydrogen-bond acceptors (Lipinski definition) is 4. The van der Waals surface area contributed by atoms with Crippen LogP contribution >= 0.6 is 0 Å². The summed E-state index contributed by atoms with van der Waals surface area (Å²) in [6.07, 6.45) is 4.02. The third-order valence-corrected chi connectivity index (χ3v) is 4.11. The van der Waals surface area contributed by atoms with E-state index < -0.39 is 9.84 Å². The number of rotatable bonds is 4. The zero-order valence-corrected chi connectivity index (χ0v) is 10.3. The van der Waals surface area contributed by atoms with Gasteiger partial charge in [0.2, 0.25) is 0 Å². The number of nitrogens with one attached hydrogen (secondary N) is 1. The van der Waals surface area contributed by atoms with Gasteiger partial charge < -0.3 is 5.32 Å². The molecule has 0 saturated heterocycles. The maximum absolute atomic E-state index is 11.5. The van der Waals surface area contributed by atoms with Gasteiger partial charge in [0.1, 0.15) is 10.7 Å². The van der Waals surface area contributed by atoms with E-state index >= 15 is 0 Å². The van der Waals surface area contributed by atoms with E-state index in [4.69, 9.17) is 0 Å². The molecule has 0 bridgehead atoms. The number of hydrogen-bond donors (Lipinski definition) is 1. The van der Waals surface area contributed by atoms with Crippen molar-refractivity contribution in [3.05, 3.63) is 18.3 Å². The third kappa shape index (κ3) is 2.52. The van der Waals surface area contributed by atoms with Gasteiger partial charge in [0.05, 0.1) is 0 Å². The van der Waals surface area contributed by atoms with Gasteiger partial charge in [0, 0.05) is 19.0 Å². The molecule has 1 heterocycles. The first-order valence-corrected chi connectivity index (χ1v) is 7.26. The van der Waals surface area contributed by atoms with E-state index in [1.807, 2.05) is 0 Å². The van der Waals surface area contributed by atoms with E-state index in [9.17, 15) is 8.42 Å². The van der Waals surface area contributed by atoms with E-state index in [0.717, 1.165) is 12.5 Å². The Morgan fingerprint density at radius 3 is 2.81 bits per heavy atom. The zero-order chi connectivity index (χ0) is 11.8. The van der Waals surface area contributed by atoms with Crippen LogP contribution in [0.25, 0.3) is 0 Å². The summed E-state index contributed by atoms with van der Waals surface area (Å²) in [6.45, 7) is 3.00. The molecule has 2 unspecified atom stereocenters. The van der Waals surface area contributed by atoms with Gasteiger partial charge >= 0.3 is 0 Å². The Kier molecular flexibility index (Phi) is 2.88. The molecule has 1 fully saturated rings. The van der Waals surface area contributed by atoms with Gasteiger partial charge in [-0.2, -0.15) is 0 Å². The molecule has 0 amide bonds. The lowest BCUT2D eigenvalue weighted by atomic mass is 10.3. The summed E-state index contributed by atoms with van der Waals surface area (Å²) in [5, 5.41) is 3.12. The van der Waals surface area contributed by atoms with E-state index in [0.29, 0.717) is 11.7 Å². The van der Waals surface area contributed by atoms with E-state index in [1.54, 1.807) is 18.3 Å². The number of pyridine rings is 1. The van der Waals surface area contributed by atoms with Crippen molar-refractivity contribution in [3.8, 4) is 0 Å². The van der Waals surface area contributed by atoms with Crippen LogP contribution in [-0.2, 0) is 9.84 Å². The highest BCUT2D eigenvalue weighted by Crippen LogP contribution is 2.37. The van der Waals surface area contributed by atoms with Crippen molar-refractivity contribution in [1.29, 1.82) is 0 Å². The van der Waals surface area contributed by atoms with E-state index in [1.165, 1.54) is 12.7 Å². The van der Waals surface area contributed by atoms with Crippen LogP contribution in [0.2, 0.25) is 0 Å². The Bertz CT molecular complexity index is 485. The van der Waals surface area contributed by atoms with Gasteiger partial charge in [-0.25, -0.2) is 13.4 Å². The zero-order valence-electron chi connectivity index (χ0n) is 9.47. The van der Waals surface area contributed by atoms with Crippen LogP contribution in [0.4, 0.5) is 5.82 Å². The minimum absolute atomic E-state index is 0.281. The number of anilines is 1. The molecule has 2 atom stereocenters. The van der Waals surface area contributed by atoms with Crippen molar-refractivity contribution < 1.29 is 8.42 Å². The molecule has 0 aliphatic heterocycles. The average Bonchev–Trinajstić information content (AvgIpc) is 2.91. The molecular weight excluding hydrogens is 224 g/mol. The maximum Gasteiger partial charge on any atom is 0.179 e. The molecule has 1 aromatic rings. The SMILES string of the molecule is CC1CC1CNc1ncccc1S(C)(=O)=O. The van der Waals surface area contributed by atoms with Gasteiger partial charge in [-0.15, -0.1) is 0 Å². The number of sulfone groups is 1. The predicted molar refractivity (Wildman–Crippen MR) is 63.1 cm³/mol. The van der Waals surface area contributed by atoms with Crippen LogP contribution in [-0.4, -0.2) is 26.2 Å². The quantitative estimate of drug-likeness (QED) is 0.867. The molecule has 5 heteroatoms. The second kappa shape index (κ2) is 4.05. The van der Waals surface area contributed by atoms with Crippen LogP contribution in [0.15, 0.2) is 23.2 Å². The van der Waals surface area contributed by atoms with Crippen molar-refractivity contribution in [2.45, 2.75) is 18.2 Å². The van der Waals surface area contributed by atoms with Gasteiger partial charge in [-0.3, -0.25) is 0 Å². The first-order chi connectivity index (χ1) is 7.48. The van der Waals surface area contributed by atoms with Crippen molar-refractivity contribution >= 4 is 15.7 Å². The van der Waals surface area contributed by atoms with Crippen molar-refractivity contribution in [3.63, 3.8) is 0 Å². The summed E-state index contributed by atoms with van der Waals surface area (Å²) >= 11 is 0. The fraction of sp³-hybridized carbons (Fsp3) is 0.545. The molecule has 1 aromatic heterocycles. The second-order valence-electron chi connectivity index (χ2n) is 4.48. The molecule has 16 heavy (non-hydrogen) atoms. The molecule has 0 aromatic carbocycles. The smallest absolute Gasteiger partial charge is 0.179 e. The molecule has 1 aliphatic rings. The van der Waals surface area contributed by atoms with Crippen molar-refractivity contribution in [2.75, 3.05) is 18.1 Å². The predicted octanol–water partition coefficient (Wildman–Crippen LogP) is 1.55. The van der Waals surface area contributed by atoms with E-state index in [-0.39, 0.29) is 4.90 Å². The molecule has 4 nitrogen and oxygen atoms in total. The standard InChI is InChI=1S/C11H16N2O2S/c1-8-6-9(8)7-13-11-10(16(2,14)15)4-3-5-12-11/h3-5,8-9H,6-7H2,1-2H3,(H,12,13). The van der Waals surface area contributed by atoms with Crippen LogP contribution in [0.1, 0.15) is 13.3 Å². The summed E-state index contributed by atoms with van der Waals surface area (Å²) < 4.78 is 23.0. The Balaban J connectivity index is 2.14. The van der Waals surface area contributed by atoms with Crippen molar-refractivity contribution in [2.24, 2.45) is 11.8 Å². The normalized spacial score (nSPS) is 24.1. The lowest BCUT2D eigenvalue weighted by molar-refractivity contribution is 0.601. The third-order valence-electron chi connectivity index (χ3n) is 2.98. The number of nitrogens with zero attached hydrogens (tertiary/aromatic N) is 1. The summed E-state index contributed by atoms with van der Waals surface area (Å²) in [7, 11) is -3.20. The lowest BCUT2D eigenvalue weighted by Crippen LogP contribution is -2.10. The fourth-order valence-electron chi connectivity index (χ4n) is 1.73. The van der Waals surface area contributed by atoms with Crippen molar-refractivity contribution in [1.82, 2.24) is 4.98 Å². The highest BCUT2D eigenvalue weighted by molar-refractivity contribution is 7.90. The Morgan fingerprint density at radius 2 is 2.25 bits per heavy atom. The minimum Gasteiger partial charge on any atom is -0.369 e. The fourth-order valence-corrected chi connectivity index (χ4v) is 2.54. The molecule has 0 radical (unpaired) electrons. The molecule has 1 N–H and O–H groups in total. The highest BCUT2D eigenvalue weighted by Gasteiger charge is 2.32. The summed E-state index contributed by atoms with van der Waals surface area (Å²) in [5.74, 6) is 1.89.